The third kappa shape index (κ3) is 2.20. The van der Waals surface area contributed by atoms with Crippen molar-refractivity contribution in [1.29, 1.82) is 0 Å². The minimum atomic E-state index is 0.0877. The van der Waals surface area contributed by atoms with Crippen LogP contribution >= 0.6 is 11.6 Å². The molecule has 0 aromatic heterocycles. The van der Waals surface area contributed by atoms with Gasteiger partial charge in [0.25, 0.3) is 0 Å². The van der Waals surface area contributed by atoms with Gasteiger partial charge in [0.2, 0.25) is 0 Å². The Morgan fingerprint density at radius 2 is 2.14 bits per heavy atom. The quantitative estimate of drug-likeness (QED) is 0.807. The van der Waals surface area contributed by atoms with E-state index in [4.69, 9.17) is 17.3 Å². The van der Waals surface area contributed by atoms with Crippen LogP contribution in [0, 0.1) is 0 Å². The van der Waals surface area contributed by atoms with E-state index in [9.17, 15) is 5.11 Å². The number of aryl methyl sites for hydroxylation is 1. The van der Waals surface area contributed by atoms with Crippen molar-refractivity contribution in [3.63, 3.8) is 0 Å². The molecule has 1 aliphatic carbocycles. The molecule has 2 rings (SSSR count). The Morgan fingerprint density at radius 3 is 2.71 bits per heavy atom. The first kappa shape index (κ1) is 9.81. The summed E-state index contributed by atoms with van der Waals surface area (Å²) in [5.41, 5.74) is 7.21. The maximum atomic E-state index is 9.23. The molecule has 2 nitrogen and oxygen atoms in total. The minimum absolute atomic E-state index is 0.0877. The number of hydrogen-bond donors (Lipinski definition) is 2. The first-order valence-corrected chi connectivity index (χ1v) is 5.23. The maximum absolute atomic E-state index is 9.23. The zero-order valence-electron chi connectivity index (χ0n) is 7.96. The average Bonchev–Trinajstić information content (AvgIpc) is 2.87. The van der Waals surface area contributed by atoms with Gasteiger partial charge in [-0.1, -0.05) is 17.7 Å². The highest BCUT2D eigenvalue weighted by molar-refractivity contribution is 6.32. The van der Waals surface area contributed by atoms with Gasteiger partial charge < -0.3 is 10.8 Å². The van der Waals surface area contributed by atoms with E-state index < -0.39 is 0 Å². The second-order valence-corrected chi connectivity index (χ2v) is 4.56. The summed E-state index contributed by atoms with van der Waals surface area (Å²) >= 11 is 5.80. The van der Waals surface area contributed by atoms with Crippen LogP contribution in [0.2, 0.25) is 5.02 Å². The standard InChI is InChI=1S/C11H14ClNO/c12-9-7-8(1-2-10(9)14)3-4-11(13)5-6-11/h1-2,7,14H,3-6,13H2. The normalized spacial score (nSPS) is 18.1. The van der Waals surface area contributed by atoms with Crippen LogP contribution in [-0.2, 0) is 6.42 Å². The van der Waals surface area contributed by atoms with Gasteiger partial charge in [-0.15, -0.1) is 0 Å². The highest BCUT2D eigenvalue weighted by Crippen LogP contribution is 2.37. The lowest BCUT2D eigenvalue weighted by Crippen LogP contribution is -2.22. The molecule has 0 radical (unpaired) electrons. The minimum Gasteiger partial charge on any atom is -0.506 e. The molecule has 1 aromatic rings. The number of benzene rings is 1. The van der Waals surface area contributed by atoms with Crippen molar-refractivity contribution in [3.8, 4) is 5.75 Å². The number of halogens is 1. The molecule has 3 heteroatoms. The predicted octanol–water partition coefficient (Wildman–Crippen LogP) is 2.47. The summed E-state index contributed by atoms with van der Waals surface area (Å²) in [6.07, 6.45) is 4.22. The molecule has 1 aromatic carbocycles. The van der Waals surface area contributed by atoms with Crippen molar-refractivity contribution in [2.24, 2.45) is 5.73 Å². The lowest BCUT2D eigenvalue weighted by molar-refractivity contribution is 0.475. The van der Waals surface area contributed by atoms with Gasteiger partial charge in [0.1, 0.15) is 5.75 Å². The molecule has 1 saturated carbocycles. The molecule has 0 heterocycles. The highest BCUT2D eigenvalue weighted by Gasteiger charge is 2.37. The molecule has 76 valence electrons. The molecule has 0 aliphatic heterocycles. The first-order chi connectivity index (χ1) is 6.59. The van der Waals surface area contributed by atoms with Crippen LogP contribution in [0.4, 0.5) is 0 Å². The Labute approximate surface area is 88.7 Å². The molecule has 0 bridgehead atoms. The van der Waals surface area contributed by atoms with Crippen molar-refractivity contribution in [3.05, 3.63) is 28.8 Å². The SMILES string of the molecule is NC1(CCc2ccc(O)c(Cl)c2)CC1. The Kier molecular flexibility index (Phi) is 2.41. The van der Waals surface area contributed by atoms with Gasteiger partial charge in [-0.25, -0.2) is 0 Å². The largest absolute Gasteiger partial charge is 0.506 e. The summed E-state index contributed by atoms with van der Waals surface area (Å²) in [7, 11) is 0. The van der Waals surface area contributed by atoms with Gasteiger partial charge >= 0.3 is 0 Å². The molecule has 0 amide bonds. The molecule has 1 aliphatic rings. The van der Waals surface area contributed by atoms with E-state index in [1.807, 2.05) is 12.1 Å². The molecule has 0 spiro atoms. The second-order valence-electron chi connectivity index (χ2n) is 4.15. The van der Waals surface area contributed by atoms with Crippen LogP contribution in [0.1, 0.15) is 24.8 Å². The molecular formula is C11H14ClNO. The number of phenolic OH excluding ortho intramolecular Hbond substituents is 1. The summed E-state index contributed by atoms with van der Waals surface area (Å²) in [6.45, 7) is 0. The topological polar surface area (TPSA) is 46.2 Å². The fourth-order valence-corrected chi connectivity index (χ4v) is 1.71. The Balaban J connectivity index is 1.99. The zero-order chi connectivity index (χ0) is 10.2. The third-order valence-electron chi connectivity index (χ3n) is 2.82. The van der Waals surface area contributed by atoms with E-state index in [1.54, 1.807) is 6.07 Å². The fraction of sp³-hybridized carbons (Fsp3) is 0.455. The lowest BCUT2D eigenvalue weighted by Gasteiger charge is -2.08. The van der Waals surface area contributed by atoms with E-state index in [0.717, 1.165) is 31.2 Å². The molecular weight excluding hydrogens is 198 g/mol. The smallest absolute Gasteiger partial charge is 0.134 e. The highest BCUT2D eigenvalue weighted by atomic mass is 35.5. The van der Waals surface area contributed by atoms with Gasteiger partial charge in [-0.2, -0.15) is 0 Å². The number of rotatable bonds is 3. The van der Waals surface area contributed by atoms with Crippen LogP contribution in [-0.4, -0.2) is 10.6 Å². The zero-order valence-corrected chi connectivity index (χ0v) is 8.72. The first-order valence-electron chi connectivity index (χ1n) is 4.85. The van der Waals surface area contributed by atoms with Gasteiger partial charge in [0.05, 0.1) is 5.02 Å². The summed E-state index contributed by atoms with van der Waals surface area (Å²) in [5.74, 6) is 0.143. The Bertz CT molecular complexity index is 347. The molecule has 0 atom stereocenters. The summed E-state index contributed by atoms with van der Waals surface area (Å²) in [6, 6.07) is 5.34. The van der Waals surface area contributed by atoms with Crippen molar-refractivity contribution in [2.45, 2.75) is 31.2 Å². The van der Waals surface area contributed by atoms with E-state index in [0.29, 0.717) is 5.02 Å². The maximum Gasteiger partial charge on any atom is 0.134 e. The molecule has 3 N–H and O–H groups in total. The Hall–Kier alpha value is -0.730. The molecule has 0 unspecified atom stereocenters. The van der Waals surface area contributed by atoms with Gasteiger partial charge in [-0.3, -0.25) is 0 Å². The lowest BCUT2D eigenvalue weighted by atomic mass is 10.0. The summed E-state index contributed by atoms with van der Waals surface area (Å²) in [5, 5.41) is 9.65. The van der Waals surface area contributed by atoms with E-state index >= 15 is 0 Å². The van der Waals surface area contributed by atoms with Crippen LogP contribution in [0.15, 0.2) is 18.2 Å². The number of hydrogen-bond acceptors (Lipinski definition) is 2. The van der Waals surface area contributed by atoms with E-state index in [1.165, 1.54) is 0 Å². The fourth-order valence-electron chi connectivity index (χ4n) is 1.51. The number of nitrogens with two attached hydrogens (primary N) is 1. The third-order valence-corrected chi connectivity index (χ3v) is 3.12. The summed E-state index contributed by atoms with van der Waals surface area (Å²) in [4.78, 5) is 0. The number of aromatic hydroxyl groups is 1. The van der Waals surface area contributed by atoms with Crippen LogP contribution in [0.3, 0.4) is 0 Å². The van der Waals surface area contributed by atoms with Crippen molar-refractivity contribution < 1.29 is 5.11 Å². The molecule has 0 saturated heterocycles. The second kappa shape index (κ2) is 3.44. The van der Waals surface area contributed by atoms with Crippen LogP contribution < -0.4 is 5.73 Å². The Morgan fingerprint density at radius 1 is 1.43 bits per heavy atom. The number of phenols is 1. The van der Waals surface area contributed by atoms with Crippen molar-refractivity contribution >= 4 is 11.6 Å². The predicted molar refractivity (Wildman–Crippen MR) is 57.6 cm³/mol. The van der Waals surface area contributed by atoms with Gasteiger partial charge in [0.15, 0.2) is 0 Å². The summed E-state index contributed by atoms with van der Waals surface area (Å²) < 4.78 is 0. The van der Waals surface area contributed by atoms with E-state index in [2.05, 4.69) is 0 Å². The van der Waals surface area contributed by atoms with Gasteiger partial charge in [0, 0.05) is 5.54 Å². The monoisotopic (exact) mass is 211 g/mol. The van der Waals surface area contributed by atoms with Crippen molar-refractivity contribution in [2.75, 3.05) is 0 Å². The molecule has 14 heavy (non-hydrogen) atoms. The molecule has 1 fully saturated rings. The van der Waals surface area contributed by atoms with Crippen LogP contribution in [0.25, 0.3) is 0 Å². The van der Waals surface area contributed by atoms with Crippen LogP contribution in [0.5, 0.6) is 5.75 Å². The van der Waals surface area contributed by atoms with Crippen molar-refractivity contribution in [1.82, 2.24) is 0 Å². The van der Waals surface area contributed by atoms with Gasteiger partial charge in [-0.05, 0) is 43.4 Å². The average molecular weight is 212 g/mol. The van der Waals surface area contributed by atoms with E-state index in [-0.39, 0.29) is 11.3 Å².